The Hall–Kier alpha value is -1.79. The van der Waals surface area contributed by atoms with E-state index in [1.807, 2.05) is 40.0 Å². The Bertz CT molecular complexity index is 641. The first-order valence-corrected chi connectivity index (χ1v) is 10.9. The molecule has 1 fully saturated rings. The first kappa shape index (κ1) is 23.5. The van der Waals surface area contributed by atoms with E-state index in [1.54, 1.807) is 6.07 Å². The average Bonchev–Trinajstić information content (AvgIpc) is 2.72. The highest BCUT2D eigenvalue weighted by molar-refractivity contribution is 5.92. The smallest absolute Gasteiger partial charge is 0.269 e. The molecule has 1 aliphatic carbocycles. The lowest BCUT2D eigenvalue weighted by atomic mass is 9.76. The normalized spacial score (nSPS) is 19.5. The largest absolute Gasteiger partial charge is 0.377 e. The van der Waals surface area contributed by atoms with Crippen molar-refractivity contribution < 1.29 is 20.5 Å². The zero-order chi connectivity index (χ0) is 21.2. The fourth-order valence-electron chi connectivity index (χ4n) is 3.74. The van der Waals surface area contributed by atoms with Crippen molar-refractivity contribution in [1.82, 2.24) is 10.3 Å². The molecule has 1 saturated carbocycles. The molecule has 2 rings (SSSR count). The molecule has 0 atom stereocenters. The van der Waals surface area contributed by atoms with Crippen LogP contribution >= 0.6 is 0 Å². The highest BCUT2D eigenvalue weighted by atomic mass is 16.5. The minimum absolute atomic E-state index is 0. The highest BCUT2D eigenvalue weighted by Gasteiger charge is 2.28. The van der Waals surface area contributed by atoms with Crippen molar-refractivity contribution in [3.05, 3.63) is 29.6 Å². The van der Waals surface area contributed by atoms with Crippen LogP contribution in [0.1, 0.15) is 76.8 Å². The van der Waals surface area contributed by atoms with E-state index in [9.17, 15) is 9.59 Å². The molecule has 0 unspecified atom stereocenters. The SMILES string of the molecule is CC(C)OCCOCCNC(=O)c1ccc(C2CCC(C(=O)C(C)C)CC2)cn1.[HH]. The molecule has 0 saturated heterocycles. The summed E-state index contributed by atoms with van der Waals surface area (Å²) >= 11 is 0. The van der Waals surface area contributed by atoms with Crippen LogP contribution in [0.5, 0.6) is 0 Å². The van der Waals surface area contributed by atoms with E-state index in [2.05, 4.69) is 10.3 Å². The number of hydrogen-bond donors (Lipinski definition) is 1. The van der Waals surface area contributed by atoms with Gasteiger partial charge in [-0.2, -0.15) is 0 Å². The molecule has 0 radical (unpaired) electrons. The third-order valence-electron chi connectivity index (χ3n) is 5.40. The molecular weight excluding hydrogens is 368 g/mol. The topological polar surface area (TPSA) is 77.5 Å². The van der Waals surface area contributed by atoms with E-state index in [4.69, 9.17) is 9.47 Å². The Kier molecular flexibility index (Phi) is 9.74. The van der Waals surface area contributed by atoms with E-state index in [0.29, 0.717) is 43.8 Å². The van der Waals surface area contributed by atoms with E-state index in [1.165, 1.54) is 0 Å². The predicted octanol–water partition coefficient (Wildman–Crippen LogP) is 4.00. The van der Waals surface area contributed by atoms with Crippen LogP contribution in [0.3, 0.4) is 0 Å². The molecule has 1 aromatic rings. The Morgan fingerprint density at radius 3 is 2.41 bits per heavy atom. The van der Waals surface area contributed by atoms with Crippen LogP contribution in [-0.2, 0) is 14.3 Å². The van der Waals surface area contributed by atoms with Gasteiger partial charge in [-0.25, -0.2) is 0 Å². The summed E-state index contributed by atoms with van der Waals surface area (Å²) in [5.41, 5.74) is 1.58. The van der Waals surface area contributed by atoms with Crippen molar-refractivity contribution in [3.63, 3.8) is 0 Å². The van der Waals surface area contributed by atoms with Gasteiger partial charge < -0.3 is 14.8 Å². The van der Waals surface area contributed by atoms with Gasteiger partial charge in [-0.3, -0.25) is 14.6 Å². The molecule has 1 N–H and O–H groups in total. The predicted molar refractivity (Wildman–Crippen MR) is 115 cm³/mol. The number of nitrogens with one attached hydrogen (secondary N) is 1. The van der Waals surface area contributed by atoms with Crippen LogP contribution < -0.4 is 5.32 Å². The Labute approximate surface area is 176 Å². The van der Waals surface area contributed by atoms with Crippen LogP contribution in [0, 0.1) is 11.8 Å². The van der Waals surface area contributed by atoms with Gasteiger partial charge >= 0.3 is 0 Å². The molecule has 1 heterocycles. The number of carbonyl (C=O) groups excluding carboxylic acids is 2. The molecule has 1 amide bonds. The molecule has 164 valence electrons. The van der Waals surface area contributed by atoms with Gasteiger partial charge in [0.25, 0.3) is 5.91 Å². The maximum atomic E-state index is 12.2. The third kappa shape index (κ3) is 7.86. The fourth-order valence-corrected chi connectivity index (χ4v) is 3.74. The van der Waals surface area contributed by atoms with Gasteiger partial charge in [-0.05, 0) is 57.1 Å². The number of Topliss-reactive ketones (excluding diaryl/α,β-unsaturated/α-hetero) is 1. The molecule has 1 aliphatic rings. The van der Waals surface area contributed by atoms with Crippen molar-refractivity contribution in [2.45, 2.75) is 65.4 Å². The summed E-state index contributed by atoms with van der Waals surface area (Å²) in [5, 5.41) is 2.82. The van der Waals surface area contributed by atoms with Crippen LogP contribution in [0.25, 0.3) is 0 Å². The van der Waals surface area contributed by atoms with E-state index >= 15 is 0 Å². The number of pyridine rings is 1. The van der Waals surface area contributed by atoms with Gasteiger partial charge in [-0.1, -0.05) is 19.9 Å². The third-order valence-corrected chi connectivity index (χ3v) is 5.40. The number of aromatic nitrogens is 1. The van der Waals surface area contributed by atoms with E-state index in [-0.39, 0.29) is 25.3 Å². The quantitative estimate of drug-likeness (QED) is 0.562. The van der Waals surface area contributed by atoms with Crippen LogP contribution in [0.15, 0.2) is 18.3 Å². The monoisotopic (exact) mass is 406 g/mol. The van der Waals surface area contributed by atoms with Gasteiger partial charge in [-0.15, -0.1) is 0 Å². The lowest BCUT2D eigenvalue weighted by molar-refractivity contribution is -0.126. The van der Waals surface area contributed by atoms with Gasteiger partial charge in [0.15, 0.2) is 0 Å². The van der Waals surface area contributed by atoms with Gasteiger partial charge in [0, 0.05) is 26.0 Å². The Balaban J connectivity index is 0.00000450. The minimum atomic E-state index is -0.190. The summed E-state index contributed by atoms with van der Waals surface area (Å²) in [7, 11) is 0. The van der Waals surface area contributed by atoms with Crippen molar-refractivity contribution in [2.75, 3.05) is 26.4 Å². The van der Waals surface area contributed by atoms with Crippen LogP contribution in [0.2, 0.25) is 0 Å². The van der Waals surface area contributed by atoms with Gasteiger partial charge in [0.2, 0.25) is 0 Å². The number of hydrogen-bond acceptors (Lipinski definition) is 5. The average molecular weight is 407 g/mol. The lowest BCUT2D eigenvalue weighted by Crippen LogP contribution is -2.28. The molecule has 0 bridgehead atoms. The summed E-state index contributed by atoms with van der Waals surface area (Å²) in [6.07, 6.45) is 5.93. The zero-order valence-corrected chi connectivity index (χ0v) is 18.3. The number of amides is 1. The number of rotatable bonds is 11. The van der Waals surface area contributed by atoms with Gasteiger partial charge in [0.1, 0.15) is 11.5 Å². The second-order valence-electron chi connectivity index (χ2n) is 8.37. The zero-order valence-electron chi connectivity index (χ0n) is 18.3. The number of carbonyl (C=O) groups is 2. The molecule has 0 spiro atoms. The van der Waals surface area contributed by atoms with Crippen molar-refractivity contribution in [2.24, 2.45) is 11.8 Å². The molecule has 0 aliphatic heterocycles. The second-order valence-corrected chi connectivity index (χ2v) is 8.37. The summed E-state index contributed by atoms with van der Waals surface area (Å²) in [6, 6.07) is 3.78. The molecule has 1 aromatic heterocycles. The summed E-state index contributed by atoms with van der Waals surface area (Å²) < 4.78 is 10.8. The lowest BCUT2D eigenvalue weighted by Gasteiger charge is -2.28. The van der Waals surface area contributed by atoms with E-state index in [0.717, 1.165) is 31.2 Å². The van der Waals surface area contributed by atoms with Gasteiger partial charge in [0.05, 0.1) is 25.9 Å². The van der Waals surface area contributed by atoms with Crippen molar-refractivity contribution in [1.29, 1.82) is 0 Å². The standard InChI is InChI=1S/C23H36N2O4.H2/c1-16(2)22(26)19-7-5-18(6-8-19)20-9-10-21(25-15-20)23(27)24-11-12-28-13-14-29-17(3)4;/h9-10,15-19H,5-8,11-14H2,1-4H3,(H,24,27);1H. The van der Waals surface area contributed by atoms with Crippen molar-refractivity contribution >= 4 is 11.7 Å². The first-order valence-electron chi connectivity index (χ1n) is 10.9. The number of ether oxygens (including phenoxy) is 2. The fraction of sp³-hybridized carbons (Fsp3) is 0.696. The number of ketones is 1. The summed E-state index contributed by atoms with van der Waals surface area (Å²) in [4.78, 5) is 28.7. The molecular formula is C23H38N2O4. The maximum Gasteiger partial charge on any atom is 0.269 e. The van der Waals surface area contributed by atoms with Crippen LogP contribution in [0.4, 0.5) is 0 Å². The first-order chi connectivity index (χ1) is 13.9. The second kappa shape index (κ2) is 12.0. The number of nitrogens with zero attached hydrogens (tertiary/aromatic N) is 1. The molecule has 6 nitrogen and oxygen atoms in total. The minimum Gasteiger partial charge on any atom is -0.377 e. The Morgan fingerprint density at radius 2 is 1.83 bits per heavy atom. The molecule has 29 heavy (non-hydrogen) atoms. The van der Waals surface area contributed by atoms with E-state index < -0.39 is 0 Å². The molecule has 6 heteroatoms. The van der Waals surface area contributed by atoms with Crippen LogP contribution in [-0.4, -0.2) is 49.1 Å². The highest BCUT2D eigenvalue weighted by Crippen LogP contribution is 2.36. The maximum absolute atomic E-state index is 12.2. The summed E-state index contributed by atoms with van der Waals surface area (Å²) in [6.45, 7) is 9.90. The molecule has 0 aromatic carbocycles. The Morgan fingerprint density at radius 1 is 1.10 bits per heavy atom. The van der Waals surface area contributed by atoms with Crippen molar-refractivity contribution in [3.8, 4) is 0 Å². The summed E-state index contributed by atoms with van der Waals surface area (Å²) in [5.74, 6) is 0.963.